The van der Waals surface area contributed by atoms with Crippen molar-refractivity contribution in [2.75, 3.05) is 13.2 Å². The maximum atomic E-state index is 11.8. The second-order valence-electron chi connectivity index (χ2n) is 5.43. The smallest absolute Gasteiger partial charge is 0.277 e. The number of unbranched alkanes of at least 4 members (excludes halogenated alkanes) is 1. The van der Waals surface area contributed by atoms with Gasteiger partial charge in [0.15, 0.2) is 6.61 Å². The maximum absolute atomic E-state index is 11.8. The van der Waals surface area contributed by atoms with E-state index in [0.29, 0.717) is 12.4 Å². The van der Waals surface area contributed by atoms with E-state index in [1.807, 2.05) is 36.4 Å². The zero-order valence-electron chi connectivity index (χ0n) is 14.4. The van der Waals surface area contributed by atoms with Gasteiger partial charge in [-0.25, -0.2) is 5.43 Å². The van der Waals surface area contributed by atoms with Crippen molar-refractivity contribution in [1.82, 2.24) is 5.43 Å². The van der Waals surface area contributed by atoms with E-state index in [9.17, 15) is 4.79 Å². The highest BCUT2D eigenvalue weighted by Crippen LogP contribution is 2.28. The third-order valence-corrected chi connectivity index (χ3v) is 4.42. The van der Waals surface area contributed by atoms with E-state index in [1.54, 1.807) is 12.3 Å². The molecule has 0 aliphatic heterocycles. The van der Waals surface area contributed by atoms with Crippen LogP contribution in [0.5, 0.6) is 11.5 Å². The Morgan fingerprint density at radius 2 is 1.92 bits per heavy atom. The summed E-state index contributed by atoms with van der Waals surface area (Å²) < 4.78 is 12.7. The number of carbonyl (C=O) groups excluding carboxylic acids is 1. The molecule has 2 aromatic carbocycles. The molecule has 0 unspecified atom stereocenters. The summed E-state index contributed by atoms with van der Waals surface area (Å²) in [6, 6.07) is 13.0. The Morgan fingerprint density at radius 3 is 2.62 bits per heavy atom. The van der Waals surface area contributed by atoms with Crippen molar-refractivity contribution >= 4 is 44.0 Å². The van der Waals surface area contributed by atoms with Gasteiger partial charge in [0.05, 0.1) is 17.3 Å². The van der Waals surface area contributed by atoms with Gasteiger partial charge in [-0.3, -0.25) is 4.79 Å². The van der Waals surface area contributed by atoms with Crippen LogP contribution in [0.3, 0.4) is 0 Å². The quantitative estimate of drug-likeness (QED) is 0.313. The predicted octanol–water partition coefficient (Wildman–Crippen LogP) is 4.92. The highest BCUT2D eigenvalue weighted by molar-refractivity contribution is 9.11. The number of amides is 1. The van der Waals surface area contributed by atoms with Crippen molar-refractivity contribution in [1.29, 1.82) is 0 Å². The average Bonchev–Trinajstić information content (AvgIpc) is 2.62. The van der Waals surface area contributed by atoms with Gasteiger partial charge in [-0.1, -0.05) is 29.3 Å². The summed E-state index contributed by atoms with van der Waals surface area (Å²) in [6.07, 6.45) is 3.71. The van der Waals surface area contributed by atoms with Crippen molar-refractivity contribution < 1.29 is 14.3 Å². The molecule has 5 nitrogen and oxygen atoms in total. The molecule has 2 aromatic rings. The van der Waals surface area contributed by atoms with E-state index in [2.05, 4.69) is 49.3 Å². The molecule has 0 saturated heterocycles. The molecule has 0 aliphatic carbocycles. The van der Waals surface area contributed by atoms with Gasteiger partial charge in [0, 0.05) is 4.47 Å². The third-order valence-electron chi connectivity index (χ3n) is 3.30. The molecule has 7 heteroatoms. The minimum Gasteiger partial charge on any atom is -0.494 e. The van der Waals surface area contributed by atoms with E-state index in [1.165, 1.54) is 0 Å². The fourth-order valence-corrected chi connectivity index (χ4v) is 3.09. The van der Waals surface area contributed by atoms with E-state index in [-0.39, 0.29) is 12.5 Å². The van der Waals surface area contributed by atoms with Gasteiger partial charge < -0.3 is 9.47 Å². The van der Waals surface area contributed by atoms with Crippen LogP contribution < -0.4 is 14.9 Å². The predicted molar refractivity (Wildman–Crippen MR) is 110 cm³/mol. The zero-order chi connectivity index (χ0) is 18.8. The van der Waals surface area contributed by atoms with Crippen LogP contribution in [0.4, 0.5) is 0 Å². The first kappa shape index (κ1) is 20.5. The molecule has 2 rings (SSSR count). The Kier molecular flexibility index (Phi) is 8.64. The number of carbonyl (C=O) groups is 1. The molecule has 0 atom stereocenters. The zero-order valence-corrected chi connectivity index (χ0v) is 17.5. The molecule has 0 fully saturated rings. The summed E-state index contributed by atoms with van der Waals surface area (Å²) >= 11 is 6.74. The molecule has 0 radical (unpaired) electrons. The number of benzene rings is 2. The van der Waals surface area contributed by atoms with Crippen molar-refractivity contribution in [2.45, 2.75) is 19.8 Å². The molecule has 26 heavy (non-hydrogen) atoms. The summed E-state index contributed by atoms with van der Waals surface area (Å²) in [4.78, 5) is 11.8. The van der Waals surface area contributed by atoms with Gasteiger partial charge in [-0.05, 0) is 70.4 Å². The summed E-state index contributed by atoms with van der Waals surface area (Å²) in [5, 5.41) is 3.93. The molecule has 0 aliphatic rings. The first-order valence-electron chi connectivity index (χ1n) is 8.21. The lowest BCUT2D eigenvalue weighted by Gasteiger charge is -2.07. The van der Waals surface area contributed by atoms with Crippen LogP contribution in [-0.4, -0.2) is 25.3 Å². The first-order valence-corrected chi connectivity index (χ1v) is 9.79. The SMILES string of the molecule is CCCCOc1ccc(/C=N/NC(=O)COc2ccc(Br)cc2Br)cc1. The average molecular weight is 484 g/mol. The largest absolute Gasteiger partial charge is 0.494 e. The maximum Gasteiger partial charge on any atom is 0.277 e. The number of nitrogens with one attached hydrogen (secondary N) is 1. The third kappa shape index (κ3) is 7.17. The van der Waals surface area contributed by atoms with Gasteiger partial charge in [0.25, 0.3) is 5.91 Å². The molecular weight excluding hydrogens is 464 g/mol. The summed E-state index contributed by atoms with van der Waals surface area (Å²) in [6.45, 7) is 2.72. The number of hydrogen-bond acceptors (Lipinski definition) is 4. The van der Waals surface area contributed by atoms with Crippen LogP contribution >= 0.6 is 31.9 Å². The number of rotatable bonds is 9. The highest BCUT2D eigenvalue weighted by Gasteiger charge is 2.05. The second kappa shape index (κ2) is 11.0. The normalized spacial score (nSPS) is 10.7. The summed E-state index contributed by atoms with van der Waals surface area (Å²) in [5.74, 6) is 1.08. The van der Waals surface area contributed by atoms with Gasteiger partial charge in [0.2, 0.25) is 0 Å². The van der Waals surface area contributed by atoms with Crippen molar-refractivity contribution in [3.05, 3.63) is 57.0 Å². The van der Waals surface area contributed by atoms with Crippen LogP contribution in [-0.2, 0) is 4.79 Å². The number of halogens is 2. The molecule has 0 aromatic heterocycles. The van der Waals surface area contributed by atoms with Crippen LogP contribution in [0.25, 0.3) is 0 Å². The summed E-state index contributed by atoms with van der Waals surface area (Å²) in [5.41, 5.74) is 3.30. The van der Waals surface area contributed by atoms with Crippen LogP contribution in [0, 0.1) is 0 Å². The fourth-order valence-electron chi connectivity index (χ4n) is 1.93. The van der Waals surface area contributed by atoms with E-state index in [4.69, 9.17) is 9.47 Å². The van der Waals surface area contributed by atoms with Crippen LogP contribution in [0.15, 0.2) is 56.5 Å². The van der Waals surface area contributed by atoms with E-state index < -0.39 is 0 Å². The molecule has 0 bridgehead atoms. The molecule has 0 saturated carbocycles. The molecule has 1 N–H and O–H groups in total. The van der Waals surface area contributed by atoms with Gasteiger partial charge in [-0.15, -0.1) is 0 Å². The van der Waals surface area contributed by atoms with E-state index in [0.717, 1.165) is 33.1 Å². The molecule has 0 spiro atoms. The Balaban J connectivity index is 1.75. The Labute approximate surface area is 170 Å². The molecule has 0 heterocycles. The fraction of sp³-hybridized carbons (Fsp3) is 0.263. The topological polar surface area (TPSA) is 59.9 Å². The molecular formula is C19H20Br2N2O3. The molecule has 138 valence electrons. The van der Waals surface area contributed by atoms with Crippen molar-refractivity contribution in [3.8, 4) is 11.5 Å². The van der Waals surface area contributed by atoms with Crippen molar-refractivity contribution in [3.63, 3.8) is 0 Å². The lowest BCUT2D eigenvalue weighted by Crippen LogP contribution is -2.24. The molecule has 1 amide bonds. The lowest BCUT2D eigenvalue weighted by molar-refractivity contribution is -0.123. The number of ether oxygens (including phenoxy) is 2. The van der Waals surface area contributed by atoms with Crippen LogP contribution in [0.2, 0.25) is 0 Å². The van der Waals surface area contributed by atoms with Crippen LogP contribution in [0.1, 0.15) is 25.3 Å². The van der Waals surface area contributed by atoms with E-state index >= 15 is 0 Å². The number of hydrogen-bond donors (Lipinski definition) is 1. The Morgan fingerprint density at radius 1 is 1.15 bits per heavy atom. The minimum atomic E-state index is -0.337. The standard InChI is InChI=1S/C19H20Br2N2O3/c1-2-3-10-25-16-7-4-14(5-8-16)12-22-23-19(24)13-26-18-9-6-15(20)11-17(18)21/h4-9,11-12H,2-3,10,13H2,1H3,(H,23,24)/b22-12+. The van der Waals surface area contributed by atoms with Gasteiger partial charge in [0.1, 0.15) is 11.5 Å². The van der Waals surface area contributed by atoms with Gasteiger partial charge >= 0.3 is 0 Å². The minimum absolute atomic E-state index is 0.123. The Hall–Kier alpha value is -1.86. The summed E-state index contributed by atoms with van der Waals surface area (Å²) in [7, 11) is 0. The van der Waals surface area contributed by atoms with Gasteiger partial charge in [-0.2, -0.15) is 5.10 Å². The highest BCUT2D eigenvalue weighted by atomic mass is 79.9. The second-order valence-corrected chi connectivity index (χ2v) is 7.20. The van der Waals surface area contributed by atoms with Crippen molar-refractivity contribution in [2.24, 2.45) is 5.10 Å². The number of hydrazone groups is 1. The monoisotopic (exact) mass is 482 g/mol. The lowest BCUT2D eigenvalue weighted by atomic mass is 10.2. The first-order chi connectivity index (χ1) is 12.6. The Bertz CT molecular complexity index is 749. The number of nitrogens with zero attached hydrogens (tertiary/aromatic N) is 1.